The van der Waals surface area contributed by atoms with E-state index in [1.165, 1.54) is 6.33 Å². The Labute approximate surface area is 99.8 Å². The highest BCUT2D eigenvalue weighted by atomic mass is 16.5. The van der Waals surface area contributed by atoms with Crippen molar-refractivity contribution in [2.24, 2.45) is 0 Å². The Balaban J connectivity index is 2.14. The Morgan fingerprint density at radius 3 is 2.94 bits per heavy atom. The maximum atomic E-state index is 5.63. The van der Waals surface area contributed by atoms with Crippen molar-refractivity contribution in [1.82, 2.24) is 9.97 Å². The molecule has 0 unspecified atom stereocenters. The third kappa shape index (κ3) is 2.55. The molecule has 0 aliphatic heterocycles. The van der Waals surface area contributed by atoms with E-state index in [0.29, 0.717) is 12.5 Å². The number of furan rings is 1. The van der Waals surface area contributed by atoms with Crippen LogP contribution >= 0.6 is 0 Å². The molecule has 0 saturated heterocycles. The molecule has 1 N–H and O–H groups in total. The average molecular weight is 233 g/mol. The van der Waals surface area contributed by atoms with E-state index in [4.69, 9.17) is 9.15 Å². The first-order valence-electron chi connectivity index (χ1n) is 5.52. The maximum Gasteiger partial charge on any atom is 0.222 e. The van der Waals surface area contributed by atoms with Crippen LogP contribution in [0.2, 0.25) is 0 Å². The standard InChI is InChI=1S/C12H15N3O2/c1-3-10-11(13-2)14-8-15-12(10)17-7-9-5-4-6-16-9/h4-6,8H,3,7H2,1-2H3,(H,13,14,15). The zero-order valence-corrected chi connectivity index (χ0v) is 9.93. The Morgan fingerprint density at radius 1 is 1.41 bits per heavy atom. The summed E-state index contributed by atoms with van der Waals surface area (Å²) in [5.41, 5.74) is 0.974. The Hall–Kier alpha value is -2.04. The summed E-state index contributed by atoms with van der Waals surface area (Å²) in [7, 11) is 1.83. The lowest BCUT2D eigenvalue weighted by atomic mass is 10.2. The zero-order chi connectivity index (χ0) is 12.1. The third-order valence-electron chi connectivity index (χ3n) is 2.43. The molecular weight excluding hydrogens is 218 g/mol. The second-order valence-electron chi connectivity index (χ2n) is 3.48. The van der Waals surface area contributed by atoms with Gasteiger partial charge < -0.3 is 14.5 Å². The number of hydrogen-bond donors (Lipinski definition) is 1. The van der Waals surface area contributed by atoms with Gasteiger partial charge in [-0.15, -0.1) is 0 Å². The quantitative estimate of drug-likeness (QED) is 0.858. The van der Waals surface area contributed by atoms with E-state index in [0.717, 1.165) is 23.6 Å². The minimum Gasteiger partial charge on any atom is -0.469 e. The first-order valence-corrected chi connectivity index (χ1v) is 5.52. The first kappa shape index (κ1) is 11.4. The predicted octanol–water partition coefficient (Wildman–Crippen LogP) is 2.25. The molecule has 0 fully saturated rings. The molecule has 0 aliphatic rings. The number of hydrogen-bond acceptors (Lipinski definition) is 5. The minimum absolute atomic E-state index is 0.375. The van der Waals surface area contributed by atoms with Gasteiger partial charge in [0.15, 0.2) is 0 Å². The van der Waals surface area contributed by atoms with Gasteiger partial charge >= 0.3 is 0 Å². The molecule has 0 spiro atoms. The second kappa shape index (κ2) is 5.34. The number of rotatable bonds is 5. The lowest BCUT2D eigenvalue weighted by Crippen LogP contribution is -2.04. The SMILES string of the molecule is CCc1c(NC)ncnc1OCc1ccco1. The van der Waals surface area contributed by atoms with Crippen molar-refractivity contribution in [3.8, 4) is 5.88 Å². The van der Waals surface area contributed by atoms with Crippen LogP contribution in [0.3, 0.4) is 0 Å². The lowest BCUT2D eigenvalue weighted by Gasteiger charge is -2.11. The number of ether oxygens (including phenoxy) is 1. The molecule has 0 aromatic carbocycles. The van der Waals surface area contributed by atoms with Crippen LogP contribution in [0.25, 0.3) is 0 Å². The van der Waals surface area contributed by atoms with Crippen LogP contribution in [0.1, 0.15) is 18.2 Å². The van der Waals surface area contributed by atoms with Crippen molar-refractivity contribution in [1.29, 1.82) is 0 Å². The fraction of sp³-hybridized carbons (Fsp3) is 0.333. The molecular formula is C12H15N3O2. The molecule has 5 nitrogen and oxygen atoms in total. The smallest absolute Gasteiger partial charge is 0.222 e. The van der Waals surface area contributed by atoms with Crippen LogP contribution in [-0.2, 0) is 13.0 Å². The summed E-state index contributed by atoms with van der Waals surface area (Å²) in [5.74, 6) is 2.18. The van der Waals surface area contributed by atoms with Crippen LogP contribution in [-0.4, -0.2) is 17.0 Å². The average Bonchev–Trinajstić information content (AvgIpc) is 2.88. The molecule has 0 saturated carbocycles. The molecule has 0 amide bonds. The van der Waals surface area contributed by atoms with Crippen molar-refractivity contribution in [3.63, 3.8) is 0 Å². The minimum atomic E-state index is 0.375. The van der Waals surface area contributed by atoms with E-state index >= 15 is 0 Å². The molecule has 90 valence electrons. The van der Waals surface area contributed by atoms with E-state index in [2.05, 4.69) is 15.3 Å². The van der Waals surface area contributed by atoms with Gasteiger partial charge in [0, 0.05) is 7.05 Å². The Morgan fingerprint density at radius 2 is 2.29 bits per heavy atom. The van der Waals surface area contributed by atoms with E-state index in [-0.39, 0.29) is 0 Å². The topological polar surface area (TPSA) is 60.2 Å². The number of nitrogens with zero attached hydrogens (tertiary/aromatic N) is 2. The van der Waals surface area contributed by atoms with Gasteiger partial charge in [-0.3, -0.25) is 0 Å². The highest BCUT2D eigenvalue weighted by Crippen LogP contribution is 2.22. The molecule has 0 atom stereocenters. The van der Waals surface area contributed by atoms with Crippen LogP contribution in [0.5, 0.6) is 5.88 Å². The number of anilines is 1. The molecule has 0 bridgehead atoms. The molecule has 2 heterocycles. The molecule has 2 rings (SSSR count). The summed E-state index contributed by atoms with van der Waals surface area (Å²) in [4.78, 5) is 8.29. The fourth-order valence-corrected chi connectivity index (χ4v) is 1.59. The molecule has 0 radical (unpaired) electrons. The molecule has 0 aliphatic carbocycles. The molecule has 5 heteroatoms. The number of aromatic nitrogens is 2. The third-order valence-corrected chi connectivity index (χ3v) is 2.43. The van der Waals surface area contributed by atoms with Gasteiger partial charge in [-0.05, 0) is 18.6 Å². The maximum absolute atomic E-state index is 5.63. The summed E-state index contributed by atoms with van der Waals surface area (Å²) in [6.45, 7) is 2.42. The van der Waals surface area contributed by atoms with Gasteiger partial charge in [0.05, 0.1) is 11.8 Å². The van der Waals surface area contributed by atoms with E-state index in [1.54, 1.807) is 6.26 Å². The Bertz CT molecular complexity index is 469. The largest absolute Gasteiger partial charge is 0.469 e. The number of nitrogens with one attached hydrogen (secondary N) is 1. The molecule has 2 aromatic heterocycles. The first-order chi connectivity index (χ1) is 8.35. The summed E-state index contributed by atoms with van der Waals surface area (Å²) in [6, 6.07) is 3.70. The predicted molar refractivity (Wildman–Crippen MR) is 64.0 cm³/mol. The Kier molecular flexibility index (Phi) is 3.59. The van der Waals surface area contributed by atoms with Gasteiger partial charge in [0.2, 0.25) is 5.88 Å². The second-order valence-corrected chi connectivity index (χ2v) is 3.48. The summed E-state index contributed by atoms with van der Waals surface area (Å²) in [5, 5.41) is 3.03. The monoisotopic (exact) mass is 233 g/mol. The summed E-state index contributed by atoms with van der Waals surface area (Å²) < 4.78 is 10.8. The van der Waals surface area contributed by atoms with Crippen molar-refractivity contribution in [2.75, 3.05) is 12.4 Å². The van der Waals surface area contributed by atoms with Crippen molar-refractivity contribution < 1.29 is 9.15 Å². The van der Waals surface area contributed by atoms with Gasteiger partial charge in [0.25, 0.3) is 0 Å². The normalized spacial score (nSPS) is 10.2. The van der Waals surface area contributed by atoms with Crippen molar-refractivity contribution in [2.45, 2.75) is 20.0 Å². The van der Waals surface area contributed by atoms with Gasteiger partial charge in [-0.25, -0.2) is 9.97 Å². The van der Waals surface area contributed by atoms with E-state index in [1.807, 2.05) is 26.1 Å². The highest BCUT2D eigenvalue weighted by Gasteiger charge is 2.10. The van der Waals surface area contributed by atoms with Gasteiger partial charge in [0.1, 0.15) is 24.5 Å². The van der Waals surface area contributed by atoms with Crippen LogP contribution < -0.4 is 10.1 Å². The van der Waals surface area contributed by atoms with Crippen LogP contribution in [0.4, 0.5) is 5.82 Å². The lowest BCUT2D eigenvalue weighted by molar-refractivity contribution is 0.258. The van der Waals surface area contributed by atoms with Crippen LogP contribution in [0.15, 0.2) is 29.1 Å². The van der Waals surface area contributed by atoms with Crippen LogP contribution in [0, 0.1) is 0 Å². The zero-order valence-electron chi connectivity index (χ0n) is 9.93. The van der Waals surface area contributed by atoms with Crippen molar-refractivity contribution in [3.05, 3.63) is 36.0 Å². The summed E-state index contributed by atoms with van der Waals surface area (Å²) >= 11 is 0. The van der Waals surface area contributed by atoms with Crippen molar-refractivity contribution >= 4 is 5.82 Å². The van der Waals surface area contributed by atoms with E-state index in [9.17, 15) is 0 Å². The summed E-state index contributed by atoms with van der Waals surface area (Å²) in [6.07, 6.45) is 3.92. The van der Waals surface area contributed by atoms with Gasteiger partial charge in [-0.2, -0.15) is 0 Å². The van der Waals surface area contributed by atoms with Gasteiger partial charge in [-0.1, -0.05) is 6.92 Å². The fourth-order valence-electron chi connectivity index (χ4n) is 1.59. The molecule has 2 aromatic rings. The highest BCUT2D eigenvalue weighted by molar-refractivity contribution is 5.48. The molecule has 17 heavy (non-hydrogen) atoms. The van der Waals surface area contributed by atoms with E-state index < -0.39 is 0 Å².